The lowest BCUT2D eigenvalue weighted by Gasteiger charge is -2.30. The predicted molar refractivity (Wildman–Crippen MR) is 71.0 cm³/mol. The molecule has 1 saturated heterocycles. The molecule has 5 nitrogen and oxygen atoms in total. The lowest BCUT2D eigenvalue weighted by atomic mass is 9.99. The third kappa shape index (κ3) is 3.04. The van der Waals surface area contributed by atoms with Gasteiger partial charge in [-0.05, 0) is 30.9 Å². The lowest BCUT2D eigenvalue weighted by Crippen LogP contribution is -2.39. The molecular formula is C10H15ClN2O3S2. The average Bonchev–Trinajstić information content (AvgIpc) is 2.78. The minimum absolute atomic E-state index is 0.307. The Hall–Kier alpha value is -0.180. The molecule has 1 aromatic rings. The van der Waals surface area contributed by atoms with Crippen LogP contribution in [0.1, 0.15) is 12.8 Å². The maximum atomic E-state index is 12.3. The van der Waals surface area contributed by atoms with Gasteiger partial charge in [-0.15, -0.1) is 11.3 Å². The molecule has 0 saturated carbocycles. The summed E-state index contributed by atoms with van der Waals surface area (Å²) in [5.74, 6) is 5.37. The summed E-state index contributed by atoms with van der Waals surface area (Å²) in [4.78, 5) is 4.61. The number of rotatable bonds is 4. The van der Waals surface area contributed by atoms with E-state index in [4.69, 9.17) is 17.5 Å². The number of halogens is 1. The summed E-state index contributed by atoms with van der Waals surface area (Å²) in [6, 6.07) is 3.16. The Morgan fingerprint density at radius 3 is 2.61 bits per heavy atom. The maximum absolute atomic E-state index is 12.3. The van der Waals surface area contributed by atoms with E-state index >= 15 is 0 Å². The Morgan fingerprint density at radius 1 is 1.44 bits per heavy atom. The van der Waals surface area contributed by atoms with Gasteiger partial charge in [0.2, 0.25) is 0 Å². The Labute approximate surface area is 115 Å². The summed E-state index contributed by atoms with van der Waals surface area (Å²) >= 11 is 6.87. The molecule has 0 aliphatic carbocycles. The Morgan fingerprint density at radius 2 is 2.11 bits per heavy atom. The highest BCUT2D eigenvalue weighted by molar-refractivity contribution is 7.91. The summed E-state index contributed by atoms with van der Waals surface area (Å²) in [5.41, 5.74) is 0. The average molecular weight is 311 g/mol. The summed E-state index contributed by atoms with van der Waals surface area (Å²) in [5, 5.41) is 0. The number of nitrogens with zero attached hydrogens (tertiary/aromatic N) is 1. The summed E-state index contributed by atoms with van der Waals surface area (Å²) in [6.45, 7) is 1.50. The van der Waals surface area contributed by atoms with Gasteiger partial charge in [0, 0.05) is 13.1 Å². The van der Waals surface area contributed by atoms with Gasteiger partial charge in [0.25, 0.3) is 10.0 Å². The smallest absolute Gasteiger partial charge is 0.252 e. The number of hydrogen-bond acceptors (Lipinski definition) is 5. The SMILES string of the molecule is NOCC1CCN(S(=O)(=O)c2ccc(Cl)s2)CC1. The first-order valence-corrected chi connectivity index (χ1v) is 8.24. The number of piperidine rings is 1. The minimum atomic E-state index is -3.38. The molecule has 1 aliphatic rings. The van der Waals surface area contributed by atoms with Gasteiger partial charge in [-0.2, -0.15) is 4.31 Å². The minimum Gasteiger partial charge on any atom is -0.304 e. The lowest BCUT2D eigenvalue weighted by molar-refractivity contribution is 0.0805. The molecule has 0 amide bonds. The molecule has 2 N–H and O–H groups in total. The van der Waals surface area contributed by atoms with Crippen molar-refractivity contribution in [3.8, 4) is 0 Å². The number of hydrogen-bond donors (Lipinski definition) is 1. The first-order valence-electron chi connectivity index (χ1n) is 5.61. The van der Waals surface area contributed by atoms with Crippen molar-refractivity contribution in [3.05, 3.63) is 16.5 Å². The number of nitrogens with two attached hydrogens (primary N) is 1. The maximum Gasteiger partial charge on any atom is 0.252 e. The van der Waals surface area contributed by atoms with Gasteiger partial charge in [-0.1, -0.05) is 11.6 Å². The van der Waals surface area contributed by atoms with E-state index in [1.165, 1.54) is 4.31 Å². The Balaban J connectivity index is 2.05. The summed E-state index contributed by atoms with van der Waals surface area (Å²) in [6.07, 6.45) is 1.55. The van der Waals surface area contributed by atoms with Crippen LogP contribution >= 0.6 is 22.9 Å². The van der Waals surface area contributed by atoms with E-state index in [1.54, 1.807) is 12.1 Å². The molecule has 0 spiro atoms. The molecular weight excluding hydrogens is 296 g/mol. The third-order valence-electron chi connectivity index (χ3n) is 3.05. The number of sulfonamides is 1. The molecule has 2 heterocycles. The largest absolute Gasteiger partial charge is 0.304 e. The van der Waals surface area contributed by atoms with E-state index in [-0.39, 0.29) is 0 Å². The Kier molecular flexibility index (Phi) is 4.63. The fourth-order valence-corrected chi connectivity index (χ4v) is 5.12. The third-order valence-corrected chi connectivity index (χ3v) is 6.65. The second-order valence-electron chi connectivity index (χ2n) is 4.24. The van der Waals surface area contributed by atoms with Gasteiger partial charge in [0.1, 0.15) is 4.21 Å². The van der Waals surface area contributed by atoms with Crippen molar-refractivity contribution < 1.29 is 13.3 Å². The molecule has 1 aromatic heterocycles. The predicted octanol–water partition coefficient (Wildman–Crippen LogP) is 1.69. The van der Waals surface area contributed by atoms with Gasteiger partial charge in [0.15, 0.2) is 0 Å². The van der Waals surface area contributed by atoms with E-state index in [1.807, 2.05) is 0 Å². The molecule has 0 radical (unpaired) electrons. The molecule has 102 valence electrons. The van der Waals surface area contributed by atoms with Gasteiger partial charge in [-0.25, -0.2) is 14.3 Å². The highest BCUT2D eigenvalue weighted by atomic mass is 35.5. The van der Waals surface area contributed by atoms with Gasteiger partial charge < -0.3 is 4.84 Å². The van der Waals surface area contributed by atoms with Crippen LogP contribution < -0.4 is 5.90 Å². The normalized spacial score (nSPS) is 19.2. The zero-order chi connectivity index (χ0) is 13.2. The van der Waals surface area contributed by atoms with Crippen LogP contribution in [-0.2, 0) is 14.9 Å². The zero-order valence-electron chi connectivity index (χ0n) is 9.71. The van der Waals surface area contributed by atoms with E-state index in [0.717, 1.165) is 24.2 Å². The van der Waals surface area contributed by atoms with Crippen LogP contribution in [0.2, 0.25) is 4.34 Å². The molecule has 0 atom stereocenters. The first-order chi connectivity index (χ1) is 8.54. The van der Waals surface area contributed by atoms with Crippen molar-refractivity contribution >= 4 is 33.0 Å². The summed E-state index contributed by atoms with van der Waals surface area (Å²) < 4.78 is 26.9. The van der Waals surface area contributed by atoms with Gasteiger partial charge in [-0.3, -0.25) is 0 Å². The second kappa shape index (κ2) is 5.85. The van der Waals surface area contributed by atoms with Crippen LogP contribution in [0.25, 0.3) is 0 Å². The van der Waals surface area contributed by atoms with E-state index in [0.29, 0.717) is 34.2 Å². The Bertz CT molecular complexity index is 495. The van der Waals surface area contributed by atoms with Crippen molar-refractivity contribution in [2.75, 3.05) is 19.7 Å². The van der Waals surface area contributed by atoms with Crippen LogP contribution in [-0.4, -0.2) is 32.4 Å². The van der Waals surface area contributed by atoms with Crippen LogP contribution in [0.5, 0.6) is 0 Å². The number of thiophene rings is 1. The molecule has 1 aliphatic heterocycles. The van der Waals surface area contributed by atoms with Crippen LogP contribution in [0, 0.1) is 5.92 Å². The van der Waals surface area contributed by atoms with Crippen molar-refractivity contribution in [2.24, 2.45) is 11.8 Å². The fraction of sp³-hybridized carbons (Fsp3) is 0.600. The van der Waals surface area contributed by atoms with Crippen LogP contribution in [0.3, 0.4) is 0 Å². The molecule has 2 rings (SSSR count). The molecule has 0 bridgehead atoms. The molecule has 18 heavy (non-hydrogen) atoms. The van der Waals surface area contributed by atoms with E-state index < -0.39 is 10.0 Å². The van der Waals surface area contributed by atoms with Gasteiger partial charge >= 0.3 is 0 Å². The van der Waals surface area contributed by atoms with Crippen molar-refractivity contribution in [1.82, 2.24) is 4.31 Å². The second-order valence-corrected chi connectivity index (χ2v) is 8.12. The summed E-state index contributed by atoms with van der Waals surface area (Å²) in [7, 11) is -3.38. The molecule has 8 heteroatoms. The van der Waals surface area contributed by atoms with Crippen molar-refractivity contribution in [1.29, 1.82) is 0 Å². The van der Waals surface area contributed by atoms with Crippen molar-refractivity contribution in [2.45, 2.75) is 17.1 Å². The van der Waals surface area contributed by atoms with E-state index in [2.05, 4.69) is 4.84 Å². The highest BCUT2D eigenvalue weighted by Crippen LogP contribution is 2.30. The molecule has 0 unspecified atom stereocenters. The zero-order valence-corrected chi connectivity index (χ0v) is 12.1. The quantitative estimate of drug-likeness (QED) is 0.859. The first kappa shape index (κ1) is 14.2. The molecule has 0 aromatic carbocycles. The van der Waals surface area contributed by atoms with E-state index in [9.17, 15) is 8.42 Å². The van der Waals surface area contributed by atoms with Crippen LogP contribution in [0.15, 0.2) is 16.3 Å². The topological polar surface area (TPSA) is 72.6 Å². The molecule has 1 fully saturated rings. The van der Waals surface area contributed by atoms with Crippen molar-refractivity contribution in [3.63, 3.8) is 0 Å². The monoisotopic (exact) mass is 310 g/mol. The van der Waals surface area contributed by atoms with Crippen LogP contribution in [0.4, 0.5) is 0 Å². The fourth-order valence-electron chi connectivity index (χ4n) is 2.02. The van der Waals surface area contributed by atoms with Gasteiger partial charge in [0.05, 0.1) is 10.9 Å². The highest BCUT2D eigenvalue weighted by Gasteiger charge is 2.30. The standard InChI is InChI=1S/C10H15ClN2O3S2/c11-9-1-2-10(17-9)18(14,15)13-5-3-8(4-6-13)7-16-12/h1-2,8H,3-7,12H2.